The van der Waals surface area contributed by atoms with Crippen molar-refractivity contribution in [1.29, 1.82) is 0 Å². The van der Waals surface area contributed by atoms with Crippen molar-refractivity contribution in [2.24, 2.45) is 0 Å². The van der Waals surface area contributed by atoms with Gasteiger partial charge in [-0.3, -0.25) is 4.98 Å². The molecular weight excluding hydrogens is 230 g/mol. The molecule has 0 atom stereocenters. The predicted octanol–water partition coefficient (Wildman–Crippen LogP) is 1.38. The van der Waals surface area contributed by atoms with E-state index in [2.05, 4.69) is 32.8 Å². The normalized spacial score (nSPS) is 9.00. The summed E-state index contributed by atoms with van der Waals surface area (Å²) in [6.45, 7) is 0. The maximum absolute atomic E-state index is 5.69. The second-order valence-electron chi connectivity index (χ2n) is 2.43. The first-order valence-corrected chi connectivity index (χ1v) is 4.91. The molecule has 0 saturated carbocycles. The van der Waals surface area contributed by atoms with Gasteiger partial charge < -0.3 is 11.5 Å². The first-order valence-electron chi connectivity index (χ1n) is 3.79. The van der Waals surface area contributed by atoms with Crippen molar-refractivity contribution < 1.29 is 0 Å². The molecule has 0 aliphatic carbocycles. The summed E-state index contributed by atoms with van der Waals surface area (Å²) >= 11 is 3.28. The van der Waals surface area contributed by atoms with Crippen LogP contribution >= 0.6 is 15.9 Å². The monoisotopic (exact) mass is 239 g/mol. The molecule has 4 N–H and O–H groups in total. The Kier molecular flexibility index (Phi) is 3.59. The molecule has 0 fully saturated rings. The summed E-state index contributed by atoms with van der Waals surface area (Å²) in [5, 5.41) is 0.857. The standard InChI is InChI=1S/C9H10BrN3/c10-4-2-1-3-7-5-13-6-8(11)9(7)12/h5-6H,2,4,11H2,(H2,12,13). The Morgan fingerprint density at radius 3 is 2.85 bits per heavy atom. The van der Waals surface area contributed by atoms with Crippen LogP contribution in [0.15, 0.2) is 12.4 Å². The van der Waals surface area contributed by atoms with Gasteiger partial charge in [-0.05, 0) is 0 Å². The molecule has 0 spiro atoms. The number of hydrogen-bond acceptors (Lipinski definition) is 3. The number of nitrogens with zero attached hydrogens (tertiary/aromatic N) is 1. The van der Waals surface area contributed by atoms with E-state index in [9.17, 15) is 0 Å². The number of halogens is 1. The number of pyridine rings is 1. The molecule has 1 aromatic heterocycles. The molecular formula is C9H10BrN3. The summed E-state index contributed by atoms with van der Waals surface area (Å²) in [6.07, 6.45) is 3.92. The summed E-state index contributed by atoms with van der Waals surface area (Å²) in [5.41, 5.74) is 12.9. The van der Waals surface area contributed by atoms with Gasteiger partial charge >= 0.3 is 0 Å². The lowest BCUT2D eigenvalue weighted by Gasteiger charge is -1.99. The Morgan fingerprint density at radius 1 is 1.38 bits per heavy atom. The van der Waals surface area contributed by atoms with Gasteiger partial charge in [0.1, 0.15) is 0 Å². The minimum atomic E-state index is 0.477. The SMILES string of the molecule is Nc1cncc(C#CCCBr)c1N. The first-order chi connectivity index (χ1) is 6.25. The van der Waals surface area contributed by atoms with Gasteiger partial charge in [-0.1, -0.05) is 27.8 Å². The maximum atomic E-state index is 5.69. The van der Waals surface area contributed by atoms with Gasteiger partial charge in [-0.2, -0.15) is 0 Å². The number of alkyl halides is 1. The Bertz CT molecular complexity index is 352. The van der Waals surface area contributed by atoms with E-state index in [1.54, 1.807) is 6.20 Å². The van der Waals surface area contributed by atoms with Crippen LogP contribution in [0.3, 0.4) is 0 Å². The zero-order valence-electron chi connectivity index (χ0n) is 7.05. The van der Waals surface area contributed by atoms with E-state index in [0.717, 1.165) is 11.8 Å². The third-order valence-corrected chi connectivity index (χ3v) is 1.86. The Labute approximate surface area is 85.7 Å². The van der Waals surface area contributed by atoms with Crippen LogP contribution in [-0.4, -0.2) is 10.3 Å². The Hall–Kier alpha value is -1.21. The summed E-state index contributed by atoms with van der Waals surface area (Å²) < 4.78 is 0. The van der Waals surface area contributed by atoms with Crippen LogP contribution in [0.25, 0.3) is 0 Å². The summed E-state index contributed by atoms with van der Waals surface area (Å²) in [5.74, 6) is 5.85. The number of hydrogen-bond donors (Lipinski definition) is 2. The van der Waals surface area contributed by atoms with Crippen molar-refractivity contribution in [1.82, 2.24) is 4.98 Å². The smallest absolute Gasteiger partial charge is 0.0747 e. The van der Waals surface area contributed by atoms with E-state index >= 15 is 0 Å². The lowest BCUT2D eigenvalue weighted by molar-refractivity contribution is 1.30. The van der Waals surface area contributed by atoms with Crippen molar-refractivity contribution in [3.8, 4) is 11.8 Å². The molecule has 0 bridgehead atoms. The minimum absolute atomic E-state index is 0.477. The third-order valence-electron chi connectivity index (χ3n) is 1.46. The third kappa shape index (κ3) is 2.63. The van der Waals surface area contributed by atoms with Crippen LogP contribution in [-0.2, 0) is 0 Å². The number of nitrogens with two attached hydrogens (primary N) is 2. The molecule has 0 amide bonds. The molecule has 1 rings (SSSR count). The fourth-order valence-electron chi connectivity index (χ4n) is 0.791. The highest BCUT2D eigenvalue weighted by atomic mass is 79.9. The molecule has 0 aliphatic heterocycles. The number of aromatic nitrogens is 1. The quantitative estimate of drug-likeness (QED) is 0.575. The minimum Gasteiger partial charge on any atom is -0.396 e. The highest BCUT2D eigenvalue weighted by molar-refractivity contribution is 9.09. The molecule has 0 aliphatic rings. The molecule has 13 heavy (non-hydrogen) atoms. The van der Waals surface area contributed by atoms with Crippen LogP contribution in [0.1, 0.15) is 12.0 Å². The van der Waals surface area contributed by atoms with Crippen LogP contribution in [0, 0.1) is 11.8 Å². The van der Waals surface area contributed by atoms with Crippen molar-refractivity contribution >= 4 is 27.3 Å². The highest BCUT2D eigenvalue weighted by Crippen LogP contribution is 2.16. The average Bonchev–Trinajstić information content (AvgIpc) is 2.13. The second-order valence-corrected chi connectivity index (χ2v) is 3.22. The van der Waals surface area contributed by atoms with E-state index in [1.165, 1.54) is 6.20 Å². The predicted molar refractivity (Wildman–Crippen MR) is 58.4 cm³/mol. The van der Waals surface area contributed by atoms with Crippen molar-refractivity contribution in [2.75, 3.05) is 16.8 Å². The Morgan fingerprint density at radius 2 is 2.15 bits per heavy atom. The lowest BCUT2D eigenvalue weighted by Crippen LogP contribution is -1.98. The van der Waals surface area contributed by atoms with Gasteiger partial charge in [-0.15, -0.1) is 0 Å². The van der Waals surface area contributed by atoms with Gasteiger partial charge in [0.25, 0.3) is 0 Å². The van der Waals surface area contributed by atoms with E-state index in [4.69, 9.17) is 11.5 Å². The van der Waals surface area contributed by atoms with Crippen LogP contribution < -0.4 is 11.5 Å². The van der Waals surface area contributed by atoms with Gasteiger partial charge in [0.05, 0.1) is 23.1 Å². The van der Waals surface area contributed by atoms with Gasteiger partial charge in [0, 0.05) is 17.9 Å². The number of anilines is 2. The molecule has 0 radical (unpaired) electrons. The molecule has 0 aromatic carbocycles. The topological polar surface area (TPSA) is 64.9 Å². The van der Waals surface area contributed by atoms with E-state index in [1.807, 2.05) is 0 Å². The van der Waals surface area contributed by atoms with Gasteiger partial charge in [0.2, 0.25) is 0 Å². The summed E-state index contributed by atoms with van der Waals surface area (Å²) in [6, 6.07) is 0. The fourth-order valence-corrected chi connectivity index (χ4v) is 0.990. The van der Waals surface area contributed by atoms with E-state index in [0.29, 0.717) is 16.9 Å². The first kappa shape index (κ1) is 9.87. The van der Waals surface area contributed by atoms with Crippen LogP contribution in [0.4, 0.5) is 11.4 Å². The molecule has 68 valence electrons. The van der Waals surface area contributed by atoms with Crippen molar-refractivity contribution in [2.45, 2.75) is 6.42 Å². The molecule has 1 heterocycles. The number of nitrogen functional groups attached to an aromatic ring is 2. The van der Waals surface area contributed by atoms with Gasteiger partial charge in [-0.25, -0.2) is 0 Å². The summed E-state index contributed by atoms with van der Waals surface area (Å²) in [7, 11) is 0. The van der Waals surface area contributed by atoms with E-state index in [-0.39, 0.29) is 0 Å². The van der Waals surface area contributed by atoms with Crippen LogP contribution in [0.2, 0.25) is 0 Å². The largest absolute Gasteiger partial charge is 0.396 e. The van der Waals surface area contributed by atoms with Crippen LogP contribution in [0.5, 0.6) is 0 Å². The van der Waals surface area contributed by atoms with E-state index < -0.39 is 0 Å². The zero-order chi connectivity index (χ0) is 9.68. The second kappa shape index (κ2) is 4.73. The maximum Gasteiger partial charge on any atom is 0.0747 e. The molecule has 1 aromatic rings. The lowest BCUT2D eigenvalue weighted by atomic mass is 10.2. The van der Waals surface area contributed by atoms with Crippen molar-refractivity contribution in [3.63, 3.8) is 0 Å². The van der Waals surface area contributed by atoms with Crippen molar-refractivity contribution in [3.05, 3.63) is 18.0 Å². The zero-order valence-corrected chi connectivity index (χ0v) is 8.63. The molecule has 0 unspecified atom stereocenters. The molecule has 0 saturated heterocycles. The Balaban J connectivity index is 2.91. The molecule has 4 heteroatoms. The average molecular weight is 240 g/mol. The van der Waals surface area contributed by atoms with Gasteiger partial charge in [0.15, 0.2) is 0 Å². The summed E-state index contributed by atoms with van der Waals surface area (Å²) in [4.78, 5) is 3.90. The fraction of sp³-hybridized carbons (Fsp3) is 0.222. The highest BCUT2D eigenvalue weighted by Gasteiger charge is 1.98. The number of rotatable bonds is 1. The molecule has 3 nitrogen and oxygen atoms in total.